The molecule has 2 aromatic heterocycles. The zero-order valence-corrected chi connectivity index (χ0v) is 10.4. The topological polar surface area (TPSA) is 55.6 Å². The maximum Gasteiger partial charge on any atom is 0.0724 e. The van der Waals surface area contributed by atoms with Gasteiger partial charge in [0.25, 0.3) is 0 Å². The predicted molar refractivity (Wildman–Crippen MR) is 65.2 cm³/mol. The Morgan fingerprint density at radius 3 is 2.76 bits per heavy atom. The van der Waals surface area contributed by atoms with Crippen LogP contribution in [0.3, 0.4) is 0 Å². The highest BCUT2D eigenvalue weighted by Crippen LogP contribution is 2.16. The molecule has 1 atom stereocenters. The van der Waals surface area contributed by atoms with Crippen molar-refractivity contribution in [2.24, 2.45) is 7.05 Å². The lowest BCUT2D eigenvalue weighted by Gasteiger charge is -2.13. The Kier molecular flexibility index (Phi) is 3.49. The quantitative estimate of drug-likeness (QED) is 0.863. The molecule has 0 saturated carbocycles. The van der Waals surface area contributed by atoms with E-state index >= 15 is 0 Å². The normalized spacial score (nSPS) is 12.6. The highest BCUT2D eigenvalue weighted by Gasteiger charge is 2.11. The van der Waals surface area contributed by atoms with Crippen LogP contribution in [-0.2, 0) is 13.6 Å². The smallest absolute Gasteiger partial charge is 0.0724 e. The molecule has 2 aromatic rings. The van der Waals surface area contributed by atoms with E-state index in [1.54, 1.807) is 18.6 Å². The number of rotatable bonds is 4. The van der Waals surface area contributed by atoms with Crippen LogP contribution in [0.1, 0.15) is 29.9 Å². The Labute approximate surface area is 101 Å². The fourth-order valence-electron chi connectivity index (χ4n) is 1.73. The summed E-state index contributed by atoms with van der Waals surface area (Å²) in [4.78, 5) is 8.26. The molecule has 17 heavy (non-hydrogen) atoms. The minimum absolute atomic E-state index is 0.255. The summed E-state index contributed by atoms with van der Waals surface area (Å²) in [5, 5.41) is 7.65. The fourth-order valence-corrected chi connectivity index (χ4v) is 1.73. The summed E-state index contributed by atoms with van der Waals surface area (Å²) in [6.45, 7) is 4.91. The Hall–Kier alpha value is -1.75. The summed E-state index contributed by atoms with van der Waals surface area (Å²) in [7, 11) is 1.95. The molecule has 0 aliphatic rings. The van der Waals surface area contributed by atoms with Crippen LogP contribution in [-0.4, -0.2) is 19.7 Å². The Bertz CT molecular complexity index is 477. The van der Waals surface area contributed by atoms with Gasteiger partial charge in [-0.25, -0.2) is 0 Å². The van der Waals surface area contributed by atoms with Crippen molar-refractivity contribution in [1.29, 1.82) is 0 Å². The van der Waals surface area contributed by atoms with Gasteiger partial charge in [-0.05, 0) is 13.8 Å². The van der Waals surface area contributed by atoms with E-state index in [9.17, 15) is 0 Å². The molecule has 2 rings (SSSR count). The van der Waals surface area contributed by atoms with Gasteiger partial charge in [-0.1, -0.05) is 0 Å². The van der Waals surface area contributed by atoms with Gasteiger partial charge in [-0.3, -0.25) is 14.6 Å². The first-order valence-electron chi connectivity index (χ1n) is 5.65. The average Bonchev–Trinajstić information content (AvgIpc) is 2.69. The molecule has 0 bridgehead atoms. The van der Waals surface area contributed by atoms with Crippen molar-refractivity contribution >= 4 is 0 Å². The van der Waals surface area contributed by atoms with Crippen molar-refractivity contribution in [1.82, 2.24) is 25.1 Å². The molecular formula is C12H17N5. The molecule has 5 nitrogen and oxygen atoms in total. The summed E-state index contributed by atoms with van der Waals surface area (Å²) in [6.07, 6.45) is 7.06. The van der Waals surface area contributed by atoms with Crippen LogP contribution in [0.5, 0.6) is 0 Å². The molecule has 5 heteroatoms. The van der Waals surface area contributed by atoms with E-state index in [-0.39, 0.29) is 6.04 Å². The summed E-state index contributed by atoms with van der Waals surface area (Å²) in [6, 6.07) is 0.255. The van der Waals surface area contributed by atoms with Gasteiger partial charge in [0.2, 0.25) is 0 Å². The van der Waals surface area contributed by atoms with Crippen LogP contribution in [0.25, 0.3) is 0 Å². The van der Waals surface area contributed by atoms with Gasteiger partial charge in [0.05, 0.1) is 11.9 Å². The molecule has 0 amide bonds. The lowest BCUT2D eigenvalue weighted by molar-refractivity contribution is 0.562. The van der Waals surface area contributed by atoms with Gasteiger partial charge in [0.15, 0.2) is 0 Å². The predicted octanol–water partition coefficient (Wildman–Crippen LogP) is 1.37. The highest BCUT2D eigenvalue weighted by atomic mass is 15.3. The monoisotopic (exact) mass is 231 g/mol. The van der Waals surface area contributed by atoms with Crippen LogP contribution in [0, 0.1) is 6.92 Å². The standard InChI is InChI=1S/C12H17N5/c1-9(12-8-16-17(3)10(12)2)15-7-11-6-13-4-5-14-11/h4-6,8-9,15H,7H2,1-3H3. The molecule has 0 aliphatic carbocycles. The van der Waals surface area contributed by atoms with E-state index in [0.29, 0.717) is 6.54 Å². The molecule has 2 heterocycles. The SMILES string of the molecule is Cc1c(C(C)NCc2cnccn2)cnn1C. The van der Waals surface area contributed by atoms with E-state index in [2.05, 4.69) is 34.2 Å². The maximum atomic E-state index is 4.24. The van der Waals surface area contributed by atoms with Crippen LogP contribution in [0.2, 0.25) is 0 Å². The summed E-state index contributed by atoms with van der Waals surface area (Å²) in [5.41, 5.74) is 3.35. The molecule has 0 spiro atoms. The van der Waals surface area contributed by atoms with Crippen LogP contribution in [0.4, 0.5) is 0 Å². The summed E-state index contributed by atoms with van der Waals surface area (Å²) < 4.78 is 1.88. The van der Waals surface area contributed by atoms with Crippen molar-refractivity contribution < 1.29 is 0 Å². The third kappa shape index (κ3) is 2.68. The van der Waals surface area contributed by atoms with Gasteiger partial charge in [0, 0.05) is 49.5 Å². The molecular weight excluding hydrogens is 214 g/mol. The van der Waals surface area contributed by atoms with E-state index in [0.717, 1.165) is 5.69 Å². The van der Waals surface area contributed by atoms with Crippen molar-refractivity contribution in [2.45, 2.75) is 26.4 Å². The number of nitrogens with one attached hydrogen (secondary N) is 1. The Morgan fingerprint density at radius 2 is 2.18 bits per heavy atom. The lowest BCUT2D eigenvalue weighted by atomic mass is 10.1. The second-order valence-electron chi connectivity index (χ2n) is 4.11. The first-order chi connectivity index (χ1) is 8.18. The average molecular weight is 231 g/mol. The first-order valence-corrected chi connectivity index (χ1v) is 5.65. The number of hydrogen-bond acceptors (Lipinski definition) is 4. The van der Waals surface area contributed by atoms with Crippen LogP contribution < -0.4 is 5.32 Å². The van der Waals surface area contributed by atoms with Crippen molar-refractivity contribution in [2.75, 3.05) is 0 Å². The Balaban J connectivity index is 1.98. The van der Waals surface area contributed by atoms with Crippen molar-refractivity contribution in [3.8, 4) is 0 Å². The lowest BCUT2D eigenvalue weighted by Crippen LogP contribution is -2.19. The third-order valence-corrected chi connectivity index (χ3v) is 2.95. The largest absolute Gasteiger partial charge is 0.304 e. The zero-order valence-electron chi connectivity index (χ0n) is 10.4. The van der Waals surface area contributed by atoms with Crippen LogP contribution in [0.15, 0.2) is 24.8 Å². The van der Waals surface area contributed by atoms with Gasteiger partial charge >= 0.3 is 0 Å². The van der Waals surface area contributed by atoms with Gasteiger partial charge in [-0.15, -0.1) is 0 Å². The third-order valence-electron chi connectivity index (χ3n) is 2.95. The molecule has 0 fully saturated rings. The van der Waals surface area contributed by atoms with Gasteiger partial charge in [-0.2, -0.15) is 5.10 Å². The number of aromatic nitrogens is 4. The molecule has 0 saturated heterocycles. The molecule has 0 radical (unpaired) electrons. The maximum absolute atomic E-state index is 4.24. The van der Waals surface area contributed by atoms with E-state index < -0.39 is 0 Å². The summed E-state index contributed by atoms with van der Waals surface area (Å²) >= 11 is 0. The molecule has 90 valence electrons. The first kappa shape index (κ1) is 11.7. The Morgan fingerprint density at radius 1 is 1.35 bits per heavy atom. The minimum atomic E-state index is 0.255. The molecule has 1 N–H and O–H groups in total. The summed E-state index contributed by atoms with van der Waals surface area (Å²) in [5.74, 6) is 0. The number of nitrogens with zero attached hydrogens (tertiary/aromatic N) is 4. The van der Waals surface area contributed by atoms with E-state index in [1.165, 1.54) is 11.3 Å². The minimum Gasteiger partial charge on any atom is -0.304 e. The van der Waals surface area contributed by atoms with Crippen LogP contribution >= 0.6 is 0 Å². The molecule has 0 aromatic carbocycles. The van der Waals surface area contributed by atoms with Crippen molar-refractivity contribution in [3.63, 3.8) is 0 Å². The second kappa shape index (κ2) is 5.05. The number of aryl methyl sites for hydroxylation is 1. The zero-order chi connectivity index (χ0) is 12.3. The highest BCUT2D eigenvalue weighted by molar-refractivity contribution is 5.19. The molecule has 0 aliphatic heterocycles. The second-order valence-corrected chi connectivity index (χ2v) is 4.11. The molecule has 1 unspecified atom stereocenters. The van der Waals surface area contributed by atoms with Gasteiger partial charge < -0.3 is 5.32 Å². The van der Waals surface area contributed by atoms with E-state index in [4.69, 9.17) is 0 Å². The fraction of sp³-hybridized carbons (Fsp3) is 0.417. The number of hydrogen-bond donors (Lipinski definition) is 1. The van der Waals surface area contributed by atoms with Crippen molar-refractivity contribution in [3.05, 3.63) is 41.7 Å². The van der Waals surface area contributed by atoms with E-state index in [1.807, 2.05) is 17.9 Å². The van der Waals surface area contributed by atoms with Gasteiger partial charge in [0.1, 0.15) is 0 Å².